The van der Waals surface area contributed by atoms with Crippen LogP contribution in [0.15, 0.2) is 24.8 Å². The molecule has 1 atom stereocenters. The zero-order chi connectivity index (χ0) is 12.1. The summed E-state index contributed by atoms with van der Waals surface area (Å²) in [6.45, 7) is 3.85. The van der Waals surface area contributed by atoms with Crippen molar-refractivity contribution < 1.29 is 9.90 Å². The Morgan fingerprint density at radius 2 is 2.19 bits per heavy atom. The molecule has 4 heteroatoms. The molecule has 1 unspecified atom stereocenters. The molecule has 0 radical (unpaired) electrons. The molecule has 0 saturated heterocycles. The molecule has 0 heterocycles. The number of rotatable bonds is 5. The molecule has 1 rings (SSSR count). The van der Waals surface area contributed by atoms with Gasteiger partial charge < -0.3 is 16.6 Å². The lowest BCUT2D eigenvalue weighted by molar-refractivity contribution is 0.111. The van der Waals surface area contributed by atoms with Crippen LogP contribution in [0.4, 0.5) is 0 Å². The molecule has 0 saturated carbocycles. The average molecular weight is 220 g/mol. The van der Waals surface area contributed by atoms with Crippen molar-refractivity contribution in [3.8, 4) is 5.75 Å². The molecule has 4 nitrogen and oxygen atoms in total. The Kier molecular flexibility index (Phi) is 4.22. The fourth-order valence-corrected chi connectivity index (χ4v) is 1.68. The molecule has 0 spiro atoms. The van der Waals surface area contributed by atoms with Crippen molar-refractivity contribution in [2.24, 2.45) is 11.5 Å². The minimum Gasteiger partial charge on any atom is -0.507 e. The molecule has 5 N–H and O–H groups in total. The van der Waals surface area contributed by atoms with Crippen molar-refractivity contribution in [3.05, 3.63) is 41.5 Å². The van der Waals surface area contributed by atoms with E-state index in [2.05, 4.69) is 6.58 Å². The first-order chi connectivity index (χ1) is 7.65. The Morgan fingerprint density at radius 3 is 2.69 bits per heavy atom. The molecule has 0 aliphatic carbocycles. The Bertz CT molecular complexity index is 402. The van der Waals surface area contributed by atoms with Crippen LogP contribution < -0.4 is 11.5 Å². The summed E-state index contributed by atoms with van der Waals surface area (Å²) in [5.74, 6) is -0.0679. The van der Waals surface area contributed by atoms with E-state index in [4.69, 9.17) is 11.5 Å². The van der Waals surface area contributed by atoms with Gasteiger partial charge in [-0.15, -0.1) is 6.58 Å². The Morgan fingerprint density at radius 1 is 1.50 bits per heavy atom. The zero-order valence-corrected chi connectivity index (χ0v) is 9.02. The average Bonchev–Trinajstić information content (AvgIpc) is 2.30. The molecule has 16 heavy (non-hydrogen) atoms. The summed E-state index contributed by atoms with van der Waals surface area (Å²) in [6, 6.07) is 2.76. The van der Waals surface area contributed by atoms with Crippen molar-refractivity contribution >= 4 is 6.29 Å². The standard InChI is InChI=1S/C12H16N2O2/c1-2-3-8-4-5-11(16)9(7-15)12(8)10(14)6-13/h2,4-5,7,10,16H,1,3,6,13-14H2. The predicted octanol–water partition coefficient (Wildman–Crippen LogP) is 0.892. The van der Waals surface area contributed by atoms with Gasteiger partial charge in [0.1, 0.15) is 5.75 Å². The molecule has 0 amide bonds. The number of aromatic hydroxyl groups is 1. The number of hydrogen-bond acceptors (Lipinski definition) is 4. The third-order valence-corrected chi connectivity index (χ3v) is 2.46. The van der Waals surface area contributed by atoms with E-state index in [0.29, 0.717) is 18.3 Å². The first-order valence-corrected chi connectivity index (χ1v) is 5.02. The Labute approximate surface area is 94.6 Å². The maximum absolute atomic E-state index is 10.9. The minimum atomic E-state index is -0.456. The molecule has 0 aliphatic rings. The fraction of sp³-hybridized carbons (Fsp3) is 0.250. The quantitative estimate of drug-likeness (QED) is 0.508. The summed E-state index contributed by atoms with van der Waals surface area (Å²) in [4.78, 5) is 10.9. The van der Waals surface area contributed by atoms with Crippen LogP contribution in [0.5, 0.6) is 5.75 Å². The van der Waals surface area contributed by atoms with E-state index < -0.39 is 6.04 Å². The fourth-order valence-electron chi connectivity index (χ4n) is 1.68. The molecule has 1 aromatic carbocycles. The third-order valence-electron chi connectivity index (χ3n) is 2.46. The summed E-state index contributed by atoms with van der Waals surface area (Å²) >= 11 is 0. The van der Waals surface area contributed by atoms with Crippen LogP contribution in [-0.4, -0.2) is 17.9 Å². The van der Waals surface area contributed by atoms with E-state index in [0.717, 1.165) is 5.56 Å². The van der Waals surface area contributed by atoms with Gasteiger partial charge in [0.2, 0.25) is 0 Å². The second kappa shape index (κ2) is 5.44. The number of aldehydes is 1. The summed E-state index contributed by atoms with van der Waals surface area (Å²) in [5, 5.41) is 9.57. The molecule has 0 bridgehead atoms. The van der Waals surface area contributed by atoms with Gasteiger partial charge in [0.25, 0.3) is 0 Å². The summed E-state index contributed by atoms with van der Waals surface area (Å²) in [7, 11) is 0. The van der Waals surface area contributed by atoms with E-state index >= 15 is 0 Å². The molecular formula is C12H16N2O2. The number of carbonyl (C=O) groups is 1. The molecular weight excluding hydrogens is 204 g/mol. The van der Waals surface area contributed by atoms with Gasteiger partial charge in [0.05, 0.1) is 5.56 Å². The summed E-state index contributed by atoms with van der Waals surface area (Å²) in [6.07, 6.45) is 2.91. The van der Waals surface area contributed by atoms with Gasteiger partial charge in [-0.25, -0.2) is 0 Å². The predicted molar refractivity (Wildman–Crippen MR) is 63.4 cm³/mol. The third kappa shape index (κ3) is 2.29. The summed E-state index contributed by atoms with van der Waals surface area (Å²) < 4.78 is 0. The van der Waals surface area contributed by atoms with Crippen LogP contribution in [0.25, 0.3) is 0 Å². The zero-order valence-electron chi connectivity index (χ0n) is 9.02. The summed E-state index contributed by atoms with van der Waals surface area (Å²) in [5.41, 5.74) is 13.0. The van der Waals surface area contributed by atoms with Gasteiger partial charge in [-0.3, -0.25) is 4.79 Å². The van der Waals surface area contributed by atoms with E-state index in [1.54, 1.807) is 12.1 Å². The van der Waals surface area contributed by atoms with Crippen LogP contribution >= 0.6 is 0 Å². The normalized spacial score (nSPS) is 12.1. The monoisotopic (exact) mass is 220 g/mol. The molecule has 0 aliphatic heterocycles. The number of allylic oxidation sites excluding steroid dienone is 1. The van der Waals surface area contributed by atoms with E-state index in [9.17, 15) is 9.90 Å². The molecule has 0 fully saturated rings. The van der Waals surface area contributed by atoms with Crippen molar-refractivity contribution in [3.63, 3.8) is 0 Å². The Hall–Kier alpha value is -1.65. The first-order valence-electron chi connectivity index (χ1n) is 5.02. The number of benzene rings is 1. The number of hydrogen-bond donors (Lipinski definition) is 3. The Balaban J connectivity index is 3.39. The highest BCUT2D eigenvalue weighted by Gasteiger charge is 2.16. The van der Waals surface area contributed by atoms with Crippen LogP contribution in [0.1, 0.15) is 27.5 Å². The van der Waals surface area contributed by atoms with Gasteiger partial charge in [-0.2, -0.15) is 0 Å². The van der Waals surface area contributed by atoms with Crippen LogP contribution in [0.3, 0.4) is 0 Å². The smallest absolute Gasteiger partial charge is 0.154 e. The lowest BCUT2D eigenvalue weighted by Gasteiger charge is -2.17. The number of phenols is 1. The number of phenolic OH excluding ortho intramolecular Hbond substituents is 1. The highest BCUT2D eigenvalue weighted by molar-refractivity contribution is 5.82. The largest absolute Gasteiger partial charge is 0.507 e. The minimum absolute atomic E-state index is 0.0679. The first kappa shape index (κ1) is 12.4. The van der Waals surface area contributed by atoms with Crippen molar-refractivity contribution in [2.75, 3.05) is 6.54 Å². The van der Waals surface area contributed by atoms with Crippen LogP contribution in [-0.2, 0) is 6.42 Å². The van der Waals surface area contributed by atoms with Gasteiger partial charge in [-0.1, -0.05) is 12.1 Å². The van der Waals surface area contributed by atoms with Gasteiger partial charge in [0, 0.05) is 12.6 Å². The topological polar surface area (TPSA) is 89.3 Å². The van der Waals surface area contributed by atoms with Crippen LogP contribution in [0, 0.1) is 0 Å². The van der Waals surface area contributed by atoms with Gasteiger partial charge in [0.15, 0.2) is 6.29 Å². The molecule has 1 aromatic rings. The van der Waals surface area contributed by atoms with E-state index in [1.807, 2.05) is 0 Å². The second-order valence-corrected chi connectivity index (χ2v) is 3.52. The lowest BCUT2D eigenvalue weighted by atomic mass is 9.93. The van der Waals surface area contributed by atoms with Crippen molar-refractivity contribution in [1.29, 1.82) is 0 Å². The lowest BCUT2D eigenvalue weighted by Crippen LogP contribution is -2.23. The highest BCUT2D eigenvalue weighted by Crippen LogP contribution is 2.27. The van der Waals surface area contributed by atoms with Crippen LogP contribution in [0.2, 0.25) is 0 Å². The van der Waals surface area contributed by atoms with Crippen molar-refractivity contribution in [1.82, 2.24) is 0 Å². The maximum Gasteiger partial charge on any atom is 0.154 e. The number of nitrogens with two attached hydrogens (primary N) is 2. The SMILES string of the molecule is C=CCc1ccc(O)c(C=O)c1C(N)CN. The van der Waals surface area contributed by atoms with Crippen molar-refractivity contribution in [2.45, 2.75) is 12.5 Å². The van der Waals surface area contributed by atoms with E-state index in [-0.39, 0.29) is 17.9 Å². The molecule has 86 valence electrons. The number of carbonyl (C=O) groups excluding carboxylic acids is 1. The van der Waals surface area contributed by atoms with Gasteiger partial charge in [-0.05, 0) is 23.6 Å². The maximum atomic E-state index is 10.9. The highest BCUT2D eigenvalue weighted by atomic mass is 16.3. The van der Waals surface area contributed by atoms with Gasteiger partial charge >= 0.3 is 0 Å². The van der Waals surface area contributed by atoms with E-state index in [1.165, 1.54) is 6.07 Å². The second-order valence-electron chi connectivity index (χ2n) is 3.52. The molecule has 0 aromatic heterocycles.